The Labute approximate surface area is 115 Å². The zero-order chi connectivity index (χ0) is 14.5. The van der Waals surface area contributed by atoms with Crippen molar-refractivity contribution in [3.05, 3.63) is 29.8 Å². The molecule has 1 aromatic carbocycles. The van der Waals surface area contributed by atoms with Gasteiger partial charge in [0, 0.05) is 13.7 Å². The van der Waals surface area contributed by atoms with Crippen LogP contribution in [0.4, 0.5) is 4.39 Å². The summed E-state index contributed by atoms with van der Waals surface area (Å²) in [5, 5.41) is 12.1. The molecule has 0 saturated heterocycles. The highest BCUT2D eigenvalue weighted by Gasteiger charge is 2.14. The second-order valence-corrected chi connectivity index (χ2v) is 4.41. The molecule has 1 unspecified atom stereocenters. The number of aromatic amines is 1. The van der Waals surface area contributed by atoms with Gasteiger partial charge in [0.05, 0.1) is 30.1 Å². The number of H-pyrrole nitrogens is 1. The highest BCUT2D eigenvalue weighted by atomic mass is 19.1. The van der Waals surface area contributed by atoms with E-state index in [1.165, 1.54) is 19.5 Å². The summed E-state index contributed by atoms with van der Waals surface area (Å²) in [7, 11) is 1.49. The van der Waals surface area contributed by atoms with E-state index < -0.39 is 17.8 Å². The number of halogens is 1. The van der Waals surface area contributed by atoms with E-state index in [9.17, 15) is 14.3 Å². The topological polar surface area (TPSA) is 87.2 Å². The van der Waals surface area contributed by atoms with Crippen LogP contribution in [-0.4, -0.2) is 47.3 Å². The Balaban J connectivity index is 2.02. The summed E-state index contributed by atoms with van der Waals surface area (Å²) in [6.07, 6.45) is 1.13. The average Bonchev–Trinajstić information content (AvgIpc) is 2.85. The quantitative estimate of drug-likeness (QED) is 0.732. The zero-order valence-corrected chi connectivity index (χ0v) is 11.0. The Bertz CT molecular complexity index is 600. The minimum atomic E-state index is -0.641. The second-order valence-electron chi connectivity index (χ2n) is 4.41. The number of aliphatic hydroxyl groups excluding tert-OH is 1. The molecule has 1 heterocycles. The zero-order valence-electron chi connectivity index (χ0n) is 11.0. The molecule has 0 aliphatic heterocycles. The maximum Gasteiger partial charge on any atom is 0.253 e. The molecule has 2 rings (SSSR count). The van der Waals surface area contributed by atoms with Crippen molar-refractivity contribution in [3.8, 4) is 0 Å². The third-order valence-corrected chi connectivity index (χ3v) is 2.86. The fourth-order valence-electron chi connectivity index (χ4n) is 1.91. The van der Waals surface area contributed by atoms with E-state index >= 15 is 0 Å². The van der Waals surface area contributed by atoms with Crippen LogP contribution in [0.5, 0.6) is 0 Å². The number of carbonyl (C=O) groups excluding carboxylic acids is 1. The number of amides is 1. The summed E-state index contributed by atoms with van der Waals surface area (Å²) in [5.41, 5.74) is 1.05. The van der Waals surface area contributed by atoms with Crippen molar-refractivity contribution >= 4 is 16.9 Å². The van der Waals surface area contributed by atoms with Crippen LogP contribution in [-0.2, 0) is 4.74 Å². The summed E-state index contributed by atoms with van der Waals surface area (Å²) in [6.45, 7) is 0.477. The number of nitrogens with zero attached hydrogens (tertiary/aromatic N) is 1. The van der Waals surface area contributed by atoms with Gasteiger partial charge in [-0.2, -0.15) is 0 Å². The molecule has 20 heavy (non-hydrogen) atoms. The van der Waals surface area contributed by atoms with Gasteiger partial charge in [-0.15, -0.1) is 0 Å². The minimum Gasteiger partial charge on any atom is -0.391 e. The van der Waals surface area contributed by atoms with Crippen molar-refractivity contribution in [1.29, 1.82) is 0 Å². The number of imidazole rings is 1. The van der Waals surface area contributed by atoms with Crippen LogP contribution in [0.25, 0.3) is 11.0 Å². The molecule has 108 valence electrons. The predicted molar refractivity (Wildman–Crippen MR) is 70.9 cm³/mol. The smallest absolute Gasteiger partial charge is 0.253 e. The summed E-state index contributed by atoms with van der Waals surface area (Å²) in [5.74, 6) is -0.933. The maximum absolute atomic E-state index is 13.4. The summed E-state index contributed by atoms with van der Waals surface area (Å²) in [4.78, 5) is 18.8. The van der Waals surface area contributed by atoms with Crippen molar-refractivity contribution in [3.63, 3.8) is 0 Å². The Morgan fingerprint density at radius 2 is 2.40 bits per heavy atom. The molecule has 0 fully saturated rings. The monoisotopic (exact) mass is 281 g/mol. The lowest BCUT2D eigenvalue weighted by Crippen LogP contribution is -2.28. The van der Waals surface area contributed by atoms with Crippen LogP contribution in [0.3, 0.4) is 0 Å². The van der Waals surface area contributed by atoms with Gasteiger partial charge in [-0.25, -0.2) is 9.37 Å². The van der Waals surface area contributed by atoms with Crippen molar-refractivity contribution in [2.24, 2.45) is 0 Å². The molecule has 0 aliphatic carbocycles. The molecule has 2 aromatic rings. The summed E-state index contributed by atoms with van der Waals surface area (Å²) < 4.78 is 18.2. The molecule has 0 radical (unpaired) electrons. The first-order valence-corrected chi connectivity index (χ1v) is 6.19. The van der Waals surface area contributed by atoms with Crippen molar-refractivity contribution < 1.29 is 19.0 Å². The number of benzene rings is 1. The summed E-state index contributed by atoms with van der Waals surface area (Å²) >= 11 is 0. The van der Waals surface area contributed by atoms with E-state index in [1.807, 2.05) is 0 Å². The standard InChI is InChI=1S/C13H16FN3O3/c1-20-6-9(18)2-3-15-13(19)10-4-8(14)5-11-12(10)17-7-16-11/h4-5,7,9,18H,2-3,6H2,1H3,(H,15,19)(H,16,17). The van der Waals surface area contributed by atoms with Crippen molar-refractivity contribution in [1.82, 2.24) is 15.3 Å². The van der Waals surface area contributed by atoms with Crippen LogP contribution in [0.15, 0.2) is 18.5 Å². The third-order valence-electron chi connectivity index (χ3n) is 2.86. The van der Waals surface area contributed by atoms with Gasteiger partial charge in [0.2, 0.25) is 0 Å². The normalized spacial score (nSPS) is 12.6. The number of ether oxygens (including phenoxy) is 1. The molecule has 1 amide bonds. The number of fused-ring (bicyclic) bond motifs is 1. The van der Waals surface area contributed by atoms with E-state index in [0.717, 1.165) is 6.07 Å². The SMILES string of the molecule is COCC(O)CCNC(=O)c1cc(F)cc2[nH]cnc12. The molecule has 3 N–H and O–H groups in total. The number of nitrogens with one attached hydrogen (secondary N) is 2. The number of methoxy groups -OCH3 is 1. The van der Waals surface area contributed by atoms with Gasteiger partial charge in [-0.05, 0) is 18.6 Å². The molecule has 0 bridgehead atoms. The van der Waals surface area contributed by atoms with Crippen molar-refractivity contribution in [2.75, 3.05) is 20.3 Å². The number of hydrogen-bond acceptors (Lipinski definition) is 4. The highest BCUT2D eigenvalue weighted by Crippen LogP contribution is 2.17. The second kappa shape index (κ2) is 6.44. The van der Waals surface area contributed by atoms with E-state index in [4.69, 9.17) is 4.74 Å². The molecular weight excluding hydrogens is 265 g/mol. The molecule has 0 spiro atoms. The van der Waals surface area contributed by atoms with E-state index in [0.29, 0.717) is 17.5 Å². The fraction of sp³-hybridized carbons (Fsp3) is 0.385. The van der Waals surface area contributed by atoms with Crippen LogP contribution in [0.1, 0.15) is 16.8 Å². The van der Waals surface area contributed by atoms with Gasteiger partial charge in [0.1, 0.15) is 11.3 Å². The lowest BCUT2D eigenvalue weighted by Gasteiger charge is -2.10. The van der Waals surface area contributed by atoms with Crippen LogP contribution in [0.2, 0.25) is 0 Å². The first-order valence-electron chi connectivity index (χ1n) is 6.19. The highest BCUT2D eigenvalue weighted by molar-refractivity contribution is 6.04. The number of aliphatic hydroxyl groups is 1. The predicted octanol–water partition coefficient (Wildman–Crippen LogP) is 0.829. The minimum absolute atomic E-state index is 0.169. The number of rotatable bonds is 6. The molecule has 0 aliphatic rings. The maximum atomic E-state index is 13.4. The molecule has 0 saturated carbocycles. The molecule has 7 heteroatoms. The lowest BCUT2D eigenvalue weighted by atomic mass is 10.1. The van der Waals surface area contributed by atoms with Crippen molar-refractivity contribution in [2.45, 2.75) is 12.5 Å². The van der Waals surface area contributed by atoms with Crippen LogP contribution < -0.4 is 5.32 Å². The van der Waals surface area contributed by atoms with Gasteiger partial charge in [0.25, 0.3) is 5.91 Å². The summed E-state index contributed by atoms with van der Waals surface area (Å²) in [6, 6.07) is 2.42. The Morgan fingerprint density at radius 1 is 1.60 bits per heavy atom. The Kier molecular flexibility index (Phi) is 4.65. The van der Waals surface area contributed by atoms with Crippen LogP contribution in [0, 0.1) is 5.82 Å². The van der Waals surface area contributed by atoms with E-state index in [1.54, 1.807) is 0 Å². The molecule has 1 aromatic heterocycles. The number of carbonyl (C=O) groups is 1. The van der Waals surface area contributed by atoms with Crippen LogP contribution >= 0.6 is 0 Å². The first kappa shape index (κ1) is 14.4. The van der Waals surface area contributed by atoms with E-state index in [2.05, 4.69) is 15.3 Å². The fourth-order valence-corrected chi connectivity index (χ4v) is 1.91. The van der Waals surface area contributed by atoms with Gasteiger partial charge in [-0.1, -0.05) is 0 Å². The number of hydrogen-bond donors (Lipinski definition) is 3. The average molecular weight is 281 g/mol. The first-order chi connectivity index (χ1) is 9.61. The number of aromatic nitrogens is 2. The van der Waals surface area contributed by atoms with Gasteiger partial charge < -0.3 is 20.1 Å². The largest absolute Gasteiger partial charge is 0.391 e. The third kappa shape index (κ3) is 3.31. The molecule has 6 nitrogen and oxygen atoms in total. The van der Waals surface area contributed by atoms with Gasteiger partial charge in [0.15, 0.2) is 0 Å². The van der Waals surface area contributed by atoms with E-state index in [-0.39, 0.29) is 18.7 Å². The Hall–Kier alpha value is -1.99. The molecular formula is C13H16FN3O3. The lowest BCUT2D eigenvalue weighted by molar-refractivity contribution is 0.0588. The van der Waals surface area contributed by atoms with Gasteiger partial charge in [-0.3, -0.25) is 4.79 Å². The Morgan fingerprint density at radius 3 is 3.15 bits per heavy atom. The molecule has 1 atom stereocenters. The van der Waals surface area contributed by atoms with Gasteiger partial charge >= 0.3 is 0 Å².